The van der Waals surface area contributed by atoms with Crippen molar-refractivity contribution in [2.45, 2.75) is 39.5 Å². The summed E-state index contributed by atoms with van der Waals surface area (Å²) in [6, 6.07) is 0. The molecule has 2 heteroatoms. The molecule has 0 spiro atoms. The molecule has 1 aliphatic carbocycles. The molecule has 0 bridgehead atoms. The van der Waals surface area contributed by atoms with Gasteiger partial charge in [0.2, 0.25) is 5.91 Å². The lowest BCUT2D eigenvalue weighted by atomic mass is 9.87. The lowest BCUT2D eigenvalue weighted by Crippen LogP contribution is -2.21. The Morgan fingerprint density at radius 2 is 2.15 bits per heavy atom. The van der Waals surface area contributed by atoms with Crippen molar-refractivity contribution in [2.75, 3.05) is 6.54 Å². The number of hydrogen-bond donors (Lipinski definition) is 1. The summed E-state index contributed by atoms with van der Waals surface area (Å²) in [5, 5.41) is 2.79. The molecule has 0 aromatic rings. The van der Waals surface area contributed by atoms with Gasteiger partial charge in [0, 0.05) is 12.6 Å². The van der Waals surface area contributed by atoms with Gasteiger partial charge in [0.1, 0.15) is 0 Å². The lowest BCUT2D eigenvalue weighted by Gasteiger charge is -2.19. The average Bonchev–Trinajstić information content (AvgIpc) is 2.09. The van der Waals surface area contributed by atoms with Crippen LogP contribution in [0.1, 0.15) is 39.5 Å². The van der Waals surface area contributed by atoms with E-state index in [1.54, 1.807) is 6.08 Å². The maximum atomic E-state index is 11.2. The molecule has 0 atom stereocenters. The van der Waals surface area contributed by atoms with Gasteiger partial charge < -0.3 is 5.32 Å². The molecule has 0 aliphatic heterocycles. The topological polar surface area (TPSA) is 29.1 Å². The fraction of sp³-hybridized carbons (Fsp3) is 0.727. The highest BCUT2D eigenvalue weighted by molar-refractivity contribution is 5.88. The molecule has 1 N–H and O–H groups in total. The molecular formula is C11H19NO. The third-order valence-electron chi connectivity index (χ3n) is 2.60. The molecule has 0 heterocycles. The van der Waals surface area contributed by atoms with Gasteiger partial charge in [0.05, 0.1) is 0 Å². The molecule has 0 aromatic heterocycles. The van der Waals surface area contributed by atoms with E-state index in [0.717, 1.165) is 25.3 Å². The van der Waals surface area contributed by atoms with Crippen molar-refractivity contribution in [1.82, 2.24) is 5.32 Å². The van der Waals surface area contributed by atoms with Crippen molar-refractivity contribution < 1.29 is 4.79 Å². The quantitative estimate of drug-likeness (QED) is 0.650. The highest BCUT2D eigenvalue weighted by Crippen LogP contribution is 2.27. The molecule has 0 aromatic carbocycles. The van der Waals surface area contributed by atoms with Crippen LogP contribution in [0.4, 0.5) is 0 Å². The SMILES string of the molecule is CCNC(=O)C=C1CCC(C)CC1. The molecule has 13 heavy (non-hydrogen) atoms. The van der Waals surface area contributed by atoms with Gasteiger partial charge in [0.15, 0.2) is 0 Å². The van der Waals surface area contributed by atoms with Crippen LogP contribution in [0.25, 0.3) is 0 Å². The molecule has 0 saturated heterocycles. The largest absolute Gasteiger partial charge is 0.353 e. The molecule has 1 rings (SSSR count). The third-order valence-corrected chi connectivity index (χ3v) is 2.60. The van der Waals surface area contributed by atoms with Crippen LogP contribution in [0.3, 0.4) is 0 Å². The van der Waals surface area contributed by atoms with E-state index < -0.39 is 0 Å². The Labute approximate surface area is 80.4 Å². The molecule has 1 fully saturated rings. The van der Waals surface area contributed by atoms with Crippen LogP contribution in [0.2, 0.25) is 0 Å². The first-order valence-corrected chi connectivity index (χ1v) is 5.19. The summed E-state index contributed by atoms with van der Waals surface area (Å²) in [4.78, 5) is 11.2. The van der Waals surface area contributed by atoms with Crippen molar-refractivity contribution in [2.24, 2.45) is 5.92 Å². The summed E-state index contributed by atoms with van der Waals surface area (Å²) in [6.07, 6.45) is 6.49. The summed E-state index contributed by atoms with van der Waals surface area (Å²) in [7, 11) is 0. The van der Waals surface area contributed by atoms with Gasteiger partial charge in [0.25, 0.3) is 0 Å². The fourth-order valence-electron chi connectivity index (χ4n) is 1.69. The highest BCUT2D eigenvalue weighted by atomic mass is 16.1. The Balaban J connectivity index is 2.38. The Bertz CT molecular complexity index is 198. The van der Waals surface area contributed by atoms with Crippen LogP contribution < -0.4 is 5.32 Å². The predicted octanol–water partition coefficient (Wildman–Crippen LogP) is 2.26. The smallest absolute Gasteiger partial charge is 0.243 e. The van der Waals surface area contributed by atoms with E-state index in [9.17, 15) is 4.79 Å². The Kier molecular flexibility index (Phi) is 4.00. The Morgan fingerprint density at radius 1 is 1.54 bits per heavy atom. The van der Waals surface area contributed by atoms with Crippen molar-refractivity contribution in [3.63, 3.8) is 0 Å². The average molecular weight is 181 g/mol. The minimum absolute atomic E-state index is 0.0760. The predicted molar refractivity (Wildman–Crippen MR) is 54.4 cm³/mol. The van der Waals surface area contributed by atoms with Crippen LogP contribution in [-0.2, 0) is 4.79 Å². The lowest BCUT2D eigenvalue weighted by molar-refractivity contribution is -0.116. The monoisotopic (exact) mass is 181 g/mol. The minimum Gasteiger partial charge on any atom is -0.353 e. The summed E-state index contributed by atoms with van der Waals surface area (Å²) in [5.74, 6) is 0.915. The molecule has 1 amide bonds. The maximum Gasteiger partial charge on any atom is 0.243 e. The van der Waals surface area contributed by atoms with Crippen LogP contribution in [0.15, 0.2) is 11.6 Å². The standard InChI is InChI=1S/C11H19NO/c1-3-12-11(13)8-10-6-4-9(2)5-7-10/h8-9H,3-7H2,1-2H3,(H,12,13). The highest BCUT2D eigenvalue weighted by Gasteiger charge is 2.12. The Hall–Kier alpha value is -0.790. The van der Waals surface area contributed by atoms with Crippen molar-refractivity contribution >= 4 is 5.91 Å². The van der Waals surface area contributed by atoms with Gasteiger partial charge in [-0.1, -0.05) is 12.5 Å². The second-order valence-corrected chi connectivity index (χ2v) is 3.88. The summed E-state index contributed by atoms with van der Waals surface area (Å²) >= 11 is 0. The minimum atomic E-state index is 0.0760. The number of hydrogen-bond acceptors (Lipinski definition) is 1. The summed E-state index contributed by atoms with van der Waals surface area (Å²) in [6.45, 7) is 4.95. The van der Waals surface area contributed by atoms with Gasteiger partial charge in [-0.15, -0.1) is 0 Å². The first-order valence-electron chi connectivity index (χ1n) is 5.19. The maximum absolute atomic E-state index is 11.2. The third kappa shape index (κ3) is 3.62. The van der Waals surface area contributed by atoms with Crippen LogP contribution in [0.5, 0.6) is 0 Å². The number of allylic oxidation sites excluding steroid dienone is 1. The number of carbonyl (C=O) groups is 1. The number of amides is 1. The van der Waals surface area contributed by atoms with Crippen molar-refractivity contribution in [3.05, 3.63) is 11.6 Å². The second kappa shape index (κ2) is 5.05. The molecule has 0 unspecified atom stereocenters. The zero-order valence-electron chi connectivity index (χ0n) is 8.60. The summed E-state index contributed by atoms with van der Waals surface area (Å²) in [5.41, 5.74) is 1.32. The normalized spacial score (nSPS) is 22.6. The van der Waals surface area contributed by atoms with Crippen molar-refractivity contribution in [3.8, 4) is 0 Å². The zero-order valence-corrected chi connectivity index (χ0v) is 8.60. The summed E-state index contributed by atoms with van der Waals surface area (Å²) < 4.78 is 0. The molecular weight excluding hydrogens is 162 g/mol. The molecule has 2 nitrogen and oxygen atoms in total. The van der Waals surface area contributed by atoms with Gasteiger partial charge in [-0.3, -0.25) is 4.79 Å². The molecule has 1 saturated carbocycles. The van der Waals surface area contributed by atoms with E-state index in [0.29, 0.717) is 0 Å². The first kappa shape index (κ1) is 10.3. The van der Waals surface area contributed by atoms with Gasteiger partial charge in [-0.05, 0) is 38.5 Å². The first-order chi connectivity index (χ1) is 6.22. The van der Waals surface area contributed by atoms with Crippen LogP contribution in [0, 0.1) is 5.92 Å². The van der Waals surface area contributed by atoms with Crippen LogP contribution in [-0.4, -0.2) is 12.5 Å². The fourth-order valence-corrected chi connectivity index (χ4v) is 1.69. The van der Waals surface area contributed by atoms with Gasteiger partial charge >= 0.3 is 0 Å². The van der Waals surface area contributed by atoms with E-state index in [1.165, 1.54) is 18.4 Å². The Morgan fingerprint density at radius 3 is 2.69 bits per heavy atom. The van der Waals surface area contributed by atoms with E-state index in [-0.39, 0.29) is 5.91 Å². The van der Waals surface area contributed by atoms with Crippen molar-refractivity contribution in [1.29, 1.82) is 0 Å². The second-order valence-electron chi connectivity index (χ2n) is 3.88. The number of nitrogens with one attached hydrogen (secondary N) is 1. The van der Waals surface area contributed by atoms with E-state index in [1.807, 2.05) is 6.92 Å². The van der Waals surface area contributed by atoms with Crippen LogP contribution >= 0.6 is 0 Å². The molecule has 1 aliphatic rings. The van der Waals surface area contributed by atoms with Gasteiger partial charge in [-0.2, -0.15) is 0 Å². The molecule has 0 radical (unpaired) electrons. The van der Waals surface area contributed by atoms with Gasteiger partial charge in [-0.25, -0.2) is 0 Å². The van der Waals surface area contributed by atoms with E-state index in [4.69, 9.17) is 0 Å². The zero-order chi connectivity index (χ0) is 9.68. The molecule has 74 valence electrons. The number of carbonyl (C=O) groups excluding carboxylic acids is 1. The number of rotatable bonds is 2. The van der Waals surface area contributed by atoms with E-state index >= 15 is 0 Å². The van der Waals surface area contributed by atoms with E-state index in [2.05, 4.69) is 12.2 Å². The number of likely N-dealkylation sites (N-methyl/N-ethyl adjacent to an activating group) is 1.